The number of nitrogens with one attached hydrogen (secondary N) is 2. The number of nitrogens with zero attached hydrogens (tertiary/aromatic N) is 2. The zero-order valence-electron chi connectivity index (χ0n) is 10.0. The molecule has 0 aliphatic rings. The van der Waals surface area contributed by atoms with Gasteiger partial charge in [0.25, 0.3) is 0 Å². The van der Waals surface area contributed by atoms with Crippen molar-refractivity contribution in [3.8, 4) is 0 Å². The van der Waals surface area contributed by atoms with Gasteiger partial charge in [0, 0.05) is 4.88 Å². The second-order valence-corrected chi connectivity index (χ2v) is 5.12. The third kappa shape index (κ3) is 2.34. The number of carbonyl (C=O) groups excluding carboxylic acids is 1. The Hall–Kier alpha value is -1.93. The van der Waals surface area contributed by atoms with Crippen molar-refractivity contribution < 1.29 is 4.79 Å². The topological polar surface area (TPSA) is 119 Å². The fraction of sp³-hybridized carbons (Fsp3) is 0.300. The maximum atomic E-state index is 11.1. The smallest absolute Gasteiger partial charge is 0.240 e. The minimum absolute atomic E-state index is 0.295. The van der Waals surface area contributed by atoms with Crippen LogP contribution in [0, 0.1) is 6.92 Å². The lowest BCUT2D eigenvalue weighted by molar-refractivity contribution is -0.118. The van der Waals surface area contributed by atoms with Gasteiger partial charge in [-0.15, -0.1) is 11.3 Å². The maximum Gasteiger partial charge on any atom is 0.240 e. The molecule has 2 heterocycles. The largest absolute Gasteiger partial charge is 0.368 e. The summed E-state index contributed by atoms with van der Waals surface area (Å²) in [6.45, 7) is 3.65. The van der Waals surface area contributed by atoms with Crippen LogP contribution in [0.15, 0.2) is 6.07 Å². The Kier molecular flexibility index (Phi) is 3.30. The number of aryl methyl sites for hydroxylation is 1. The van der Waals surface area contributed by atoms with Crippen molar-refractivity contribution >= 4 is 39.2 Å². The molecule has 2 aromatic rings. The Balaban J connectivity index is 2.49. The fourth-order valence-corrected chi connectivity index (χ4v) is 2.37. The molecule has 1 unspecified atom stereocenters. The molecule has 0 spiro atoms. The Morgan fingerprint density at radius 3 is 2.83 bits per heavy atom. The van der Waals surface area contributed by atoms with E-state index in [1.165, 1.54) is 11.3 Å². The van der Waals surface area contributed by atoms with Crippen LogP contribution in [-0.4, -0.2) is 21.9 Å². The van der Waals surface area contributed by atoms with Crippen LogP contribution >= 0.6 is 11.3 Å². The van der Waals surface area contributed by atoms with Gasteiger partial charge < -0.3 is 11.1 Å². The predicted molar refractivity (Wildman–Crippen MR) is 72.2 cm³/mol. The van der Waals surface area contributed by atoms with Crippen molar-refractivity contribution in [3.63, 3.8) is 0 Å². The highest BCUT2D eigenvalue weighted by molar-refractivity contribution is 7.18. The molecule has 8 heteroatoms. The number of aromatic nitrogens is 2. The van der Waals surface area contributed by atoms with E-state index < -0.39 is 11.9 Å². The molecule has 7 nitrogen and oxygen atoms in total. The zero-order chi connectivity index (χ0) is 13.3. The van der Waals surface area contributed by atoms with Crippen molar-refractivity contribution in [2.75, 3.05) is 10.7 Å². The Bertz CT molecular complexity index is 595. The number of hydrogen-bond donors (Lipinski definition) is 4. The van der Waals surface area contributed by atoms with E-state index in [2.05, 4.69) is 20.7 Å². The summed E-state index contributed by atoms with van der Waals surface area (Å²) < 4.78 is 0. The summed E-state index contributed by atoms with van der Waals surface area (Å²) in [5.74, 6) is 5.71. The summed E-state index contributed by atoms with van der Waals surface area (Å²) in [7, 11) is 0. The number of anilines is 2. The molecule has 96 valence electrons. The number of hydrazine groups is 1. The quantitative estimate of drug-likeness (QED) is 0.474. The molecule has 0 bridgehead atoms. The minimum atomic E-state index is -0.520. The van der Waals surface area contributed by atoms with Crippen LogP contribution < -0.4 is 22.3 Å². The van der Waals surface area contributed by atoms with Gasteiger partial charge in [0.2, 0.25) is 11.9 Å². The first kappa shape index (κ1) is 12.5. The molecule has 1 amide bonds. The van der Waals surface area contributed by atoms with E-state index in [1.807, 2.05) is 13.0 Å². The summed E-state index contributed by atoms with van der Waals surface area (Å²) in [4.78, 5) is 21.4. The van der Waals surface area contributed by atoms with Crippen LogP contribution in [0.1, 0.15) is 11.8 Å². The molecule has 18 heavy (non-hydrogen) atoms. The lowest BCUT2D eigenvalue weighted by Crippen LogP contribution is -2.33. The van der Waals surface area contributed by atoms with E-state index in [9.17, 15) is 4.79 Å². The first-order chi connectivity index (χ1) is 8.51. The van der Waals surface area contributed by atoms with Crippen LogP contribution in [0.25, 0.3) is 10.2 Å². The first-order valence-corrected chi connectivity index (χ1v) is 6.13. The summed E-state index contributed by atoms with van der Waals surface area (Å²) in [6, 6.07) is 1.44. The van der Waals surface area contributed by atoms with E-state index >= 15 is 0 Å². The average molecular weight is 266 g/mol. The second kappa shape index (κ2) is 4.75. The lowest BCUT2D eigenvalue weighted by Gasteiger charge is -2.12. The van der Waals surface area contributed by atoms with Crippen molar-refractivity contribution in [1.29, 1.82) is 0 Å². The van der Waals surface area contributed by atoms with Crippen molar-refractivity contribution in [2.45, 2.75) is 19.9 Å². The normalized spacial score (nSPS) is 12.4. The number of nitrogens with two attached hydrogens (primary N) is 2. The average Bonchev–Trinajstić information content (AvgIpc) is 2.69. The summed E-state index contributed by atoms with van der Waals surface area (Å²) >= 11 is 1.53. The molecular weight excluding hydrogens is 252 g/mol. The molecule has 0 aliphatic heterocycles. The predicted octanol–water partition coefficient (Wildman–Crippen LogP) is 0.571. The van der Waals surface area contributed by atoms with Gasteiger partial charge in [-0.25, -0.2) is 10.8 Å². The van der Waals surface area contributed by atoms with Gasteiger partial charge in [-0.3, -0.25) is 10.2 Å². The number of fused-ring (bicyclic) bond motifs is 1. The molecule has 2 rings (SSSR count). The van der Waals surface area contributed by atoms with E-state index in [0.717, 1.165) is 15.1 Å². The SMILES string of the molecule is Cc1cc2c(NC(C)C(N)=O)nc(NN)nc2s1. The molecule has 1 atom stereocenters. The summed E-state index contributed by atoms with van der Waals surface area (Å²) in [5, 5.41) is 3.81. The van der Waals surface area contributed by atoms with Crippen molar-refractivity contribution in [3.05, 3.63) is 10.9 Å². The van der Waals surface area contributed by atoms with Crippen molar-refractivity contribution in [2.24, 2.45) is 11.6 Å². The Labute approximate surface area is 108 Å². The Morgan fingerprint density at radius 1 is 1.50 bits per heavy atom. The standard InChI is InChI=1S/C10H14N6OS/c1-4-3-6-8(13-5(2)7(11)17)14-10(16-12)15-9(6)18-4/h3,5H,12H2,1-2H3,(H2,11,17)(H2,13,14,15,16). The van der Waals surface area contributed by atoms with E-state index in [4.69, 9.17) is 11.6 Å². The van der Waals surface area contributed by atoms with Gasteiger partial charge in [0.15, 0.2) is 0 Å². The van der Waals surface area contributed by atoms with Gasteiger partial charge >= 0.3 is 0 Å². The molecule has 0 saturated carbocycles. The molecule has 0 aliphatic carbocycles. The monoisotopic (exact) mass is 266 g/mol. The van der Waals surface area contributed by atoms with Gasteiger partial charge in [-0.05, 0) is 19.9 Å². The number of rotatable bonds is 4. The third-order valence-electron chi connectivity index (χ3n) is 2.43. The van der Waals surface area contributed by atoms with E-state index in [0.29, 0.717) is 11.8 Å². The molecule has 2 aromatic heterocycles. The summed E-state index contributed by atoms with van der Waals surface area (Å²) in [6.07, 6.45) is 0. The van der Waals surface area contributed by atoms with E-state index in [-0.39, 0.29) is 0 Å². The molecule has 0 radical (unpaired) electrons. The third-order valence-corrected chi connectivity index (χ3v) is 3.37. The van der Waals surface area contributed by atoms with Gasteiger partial charge in [-0.2, -0.15) is 4.98 Å². The van der Waals surface area contributed by atoms with E-state index in [1.54, 1.807) is 6.92 Å². The van der Waals surface area contributed by atoms with Crippen LogP contribution in [0.3, 0.4) is 0 Å². The maximum absolute atomic E-state index is 11.1. The van der Waals surface area contributed by atoms with Gasteiger partial charge in [0.1, 0.15) is 16.7 Å². The van der Waals surface area contributed by atoms with Gasteiger partial charge in [-0.1, -0.05) is 0 Å². The highest BCUT2D eigenvalue weighted by atomic mass is 32.1. The molecular formula is C10H14N6OS. The number of carbonyl (C=O) groups is 1. The fourth-order valence-electron chi connectivity index (χ4n) is 1.49. The van der Waals surface area contributed by atoms with Crippen LogP contribution in [0.2, 0.25) is 0 Å². The number of amides is 1. The van der Waals surface area contributed by atoms with Crippen molar-refractivity contribution in [1.82, 2.24) is 9.97 Å². The highest BCUT2D eigenvalue weighted by Crippen LogP contribution is 2.29. The number of thiophene rings is 1. The van der Waals surface area contributed by atoms with Crippen LogP contribution in [0.4, 0.5) is 11.8 Å². The second-order valence-electron chi connectivity index (χ2n) is 3.88. The summed E-state index contributed by atoms with van der Waals surface area (Å²) in [5.41, 5.74) is 7.62. The lowest BCUT2D eigenvalue weighted by atomic mass is 10.3. The molecule has 0 aromatic carbocycles. The highest BCUT2D eigenvalue weighted by Gasteiger charge is 2.14. The number of hydrogen-bond acceptors (Lipinski definition) is 7. The first-order valence-electron chi connectivity index (χ1n) is 5.32. The molecule has 6 N–H and O–H groups in total. The number of primary amides is 1. The molecule has 0 fully saturated rings. The minimum Gasteiger partial charge on any atom is -0.368 e. The molecule has 0 saturated heterocycles. The zero-order valence-corrected chi connectivity index (χ0v) is 10.8. The van der Waals surface area contributed by atoms with Crippen LogP contribution in [-0.2, 0) is 4.79 Å². The van der Waals surface area contributed by atoms with Crippen LogP contribution in [0.5, 0.6) is 0 Å². The Morgan fingerprint density at radius 2 is 2.22 bits per heavy atom. The number of nitrogen functional groups attached to an aromatic ring is 1. The van der Waals surface area contributed by atoms with Gasteiger partial charge in [0.05, 0.1) is 5.39 Å².